The first-order valence-corrected chi connectivity index (χ1v) is 8.27. The molecule has 1 saturated heterocycles. The molecule has 2 atom stereocenters. The molecule has 6 heteroatoms. The zero-order chi connectivity index (χ0) is 17.9. The number of carbonyl (C=O) groups excluding carboxylic acids is 1. The SMILES string of the molecule is CCCc1cc(C(=O)N2CC(CC)C2C(=O)O)cc(OC)c1OC. The van der Waals surface area contributed by atoms with Crippen molar-refractivity contribution in [3.8, 4) is 11.5 Å². The van der Waals surface area contributed by atoms with E-state index in [-0.39, 0.29) is 11.8 Å². The molecule has 2 rings (SSSR count). The number of aliphatic carboxylic acids is 1. The summed E-state index contributed by atoms with van der Waals surface area (Å²) in [6.45, 7) is 4.46. The van der Waals surface area contributed by atoms with Crippen LogP contribution in [0.25, 0.3) is 0 Å². The Labute approximate surface area is 142 Å². The van der Waals surface area contributed by atoms with Crippen LogP contribution in [-0.2, 0) is 11.2 Å². The average Bonchev–Trinajstić information content (AvgIpc) is 2.53. The predicted octanol–water partition coefficient (Wildman–Crippen LogP) is 2.59. The van der Waals surface area contributed by atoms with Crippen molar-refractivity contribution < 1.29 is 24.2 Å². The van der Waals surface area contributed by atoms with Crippen LogP contribution in [0.4, 0.5) is 0 Å². The van der Waals surface area contributed by atoms with Crippen molar-refractivity contribution in [1.29, 1.82) is 0 Å². The van der Waals surface area contributed by atoms with Gasteiger partial charge in [-0.15, -0.1) is 0 Å². The van der Waals surface area contributed by atoms with Gasteiger partial charge in [-0.3, -0.25) is 4.79 Å². The van der Waals surface area contributed by atoms with E-state index in [9.17, 15) is 14.7 Å². The fourth-order valence-corrected chi connectivity index (χ4v) is 3.27. The molecule has 0 saturated carbocycles. The smallest absolute Gasteiger partial charge is 0.326 e. The average molecular weight is 335 g/mol. The summed E-state index contributed by atoms with van der Waals surface area (Å²) in [5, 5.41) is 9.38. The Kier molecular flexibility index (Phi) is 5.70. The van der Waals surface area contributed by atoms with E-state index in [0.29, 0.717) is 23.6 Å². The minimum Gasteiger partial charge on any atom is -0.493 e. The van der Waals surface area contributed by atoms with Crippen LogP contribution in [0.5, 0.6) is 11.5 Å². The summed E-state index contributed by atoms with van der Waals surface area (Å²) < 4.78 is 10.8. The van der Waals surface area contributed by atoms with E-state index in [1.807, 2.05) is 13.8 Å². The van der Waals surface area contributed by atoms with Crippen LogP contribution in [0.2, 0.25) is 0 Å². The van der Waals surface area contributed by atoms with Crippen molar-refractivity contribution in [2.24, 2.45) is 5.92 Å². The quantitative estimate of drug-likeness (QED) is 0.829. The van der Waals surface area contributed by atoms with Crippen molar-refractivity contribution in [2.45, 2.75) is 39.2 Å². The summed E-state index contributed by atoms with van der Waals surface area (Å²) in [7, 11) is 3.10. The van der Waals surface area contributed by atoms with Gasteiger partial charge in [0.1, 0.15) is 6.04 Å². The van der Waals surface area contributed by atoms with Crippen molar-refractivity contribution in [2.75, 3.05) is 20.8 Å². The molecule has 1 heterocycles. The van der Waals surface area contributed by atoms with Crippen LogP contribution in [0, 0.1) is 5.92 Å². The molecule has 132 valence electrons. The normalized spacial score (nSPS) is 19.6. The Bertz CT molecular complexity index is 628. The number of carbonyl (C=O) groups is 2. The summed E-state index contributed by atoms with van der Waals surface area (Å²) >= 11 is 0. The maximum absolute atomic E-state index is 12.8. The number of nitrogens with zero attached hydrogens (tertiary/aromatic N) is 1. The lowest BCUT2D eigenvalue weighted by Crippen LogP contribution is -2.62. The highest BCUT2D eigenvalue weighted by atomic mass is 16.5. The van der Waals surface area contributed by atoms with Gasteiger partial charge in [0, 0.05) is 18.0 Å². The summed E-state index contributed by atoms with van der Waals surface area (Å²) in [5.41, 5.74) is 1.33. The van der Waals surface area contributed by atoms with Crippen molar-refractivity contribution in [3.05, 3.63) is 23.3 Å². The van der Waals surface area contributed by atoms with Gasteiger partial charge in [-0.1, -0.05) is 20.3 Å². The molecular formula is C18H25NO5. The van der Waals surface area contributed by atoms with E-state index < -0.39 is 12.0 Å². The highest BCUT2D eigenvalue weighted by Gasteiger charge is 2.45. The van der Waals surface area contributed by atoms with Gasteiger partial charge in [0.15, 0.2) is 11.5 Å². The topological polar surface area (TPSA) is 76.1 Å². The highest BCUT2D eigenvalue weighted by Crippen LogP contribution is 2.36. The standard InChI is InChI=1S/C18H25NO5/c1-5-7-12-8-13(9-14(23-3)16(12)24-4)17(20)19-10-11(6-2)15(19)18(21)22/h8-9,11,15H,5-7,10H2,1-4H3,(H,21,22). The zero-order valence-electron chi connectivity index (χ0n) is 14.7. The lowest BCUT2D eigenvalue weighted by molar-refractivity contribution is -0.150. The number of carboxylic acids is 1. The Morgan fingerprint density at radius 3 is 2.46 bits per heavy atom. The molecule has 1 fully saturated rings. The maximum atomic E-state index is 12.8. The number of rotatable bonds is 7. The van der Waals surface area contributed by atoms with Crippen LogP contribution < -0.4 is 9.47 Å². The van der Waals surface area contributed by atoms with E-state index in [1.165, 1.54) is 12.0 Å². The Hall–Kier alpha value is -2.24. The lowest BCUT2D eigenvalue weighted by atomic mass is 9.85. The summed E-state index contributed by atoms with van der Waals surface area (Å²) in [4.78, 5) is 25.7. The first-order valence-electron chi connectivity index (χ1n) is 8.27. The number of carboxylic acid groups (broad SMARTS) is 1. The van der Waals surface area contributed by atoms with E-state index >= 15 is 0 Å². The zero-order valence-corrected chi connectivity index (χ0v) is 14.7. The molecule has 1 N–H and O–H groups in total. The molecule has 0 spiro atoms. The number of hydrogen-bond donors (Lipinski definition) is 1. The van der Waals surface area contributed by atoms with Gasteiger partial charge >= 0.3 is 5.97 Å². The molecule has 1 amide bonds. The van der Waals surface area contributed by atoms with Crippen molar-refractivity contribution in [3.63, 3.8) is 0 Å². The highest BCUT2D eigenvalue weighted by molar-refractivity contribution is 5.98. The van der Waals surface area contributed by atoms with Crippen LogP contribution in [0.1, 0.15) is 42.6 Å². The molecule has 0 radical (unpaired) electrons. The van der Waals surface area contributed by atoms with Crippen molar-refractivity contribution in [1.82, 2.24) is 4.90 Å². The third-order valence-electron chi connectivity index (χ3n) is 4.57. The first-order chi connectivity index (χ1) is 11.5. The summed E-state index contributed by atoms with van der Waals surface area (Å²) in [6, 6.07) is 2.66. The second-order valence-electron chi connectivity index (χ2n) is 6.03. The fraction of sp³-hybridized carbons (Fsp3) is 0.556. The number of methoxy groups -OCH3 is 2. The van der Waals surface area contributed by atoms with Crippen LogP contribution in [-0.4, -0.2) is 48.7 Å². The molecule has 1 aromatic carbocycles. The van der Waals surface area contributed by atoms with Gasteiger partial charge < -0.3 is 19.5 Å². The maximum Gasteiger partial charge on any atom is 0.326 e. The molecule has 1 aromatic rings. The van der Waals surface area contributed by atoms with Crippen molar-refractivity contribution >= 4 is 11.9 Å². The van der Waals surface area contributed by atoms with E-state index in [1.54, 1.807) is 19.2 Å². The predicted molar refractivity (Wildman–Crippen MR) is 89.8 cm³/mol. The lowest BCUT2D eigenvalue weighted by Gasteiger charge is -2.45. The third kappa shape index (κ3) is 3.18. The number of aryl methyl sites for hydroxylation is 1. The Balaban J connectivity index is 2.36. The molecular weight excluding hydrogens is 310 g/mol. The van der Waals surface area contributed by atoms with Crippen LogP contribution >= 0.6 is 0 Å². The summed E-state index contributed by atoms with van der Waals surface area (Å²) in [6.07, 6.45) is 2.39. The van der Waals surface area contributed by atoms with E-state index in [4.69, 9.17) is 9.47 Å². The monoisotopic (exact) mass is 335 g/mol. The van der Waals surface area contributed by atoms with Crippen LogP contribution in [0.15, 0.2) is 12.1 Å². The van der Waals surface area contributed by atoms with Gasteiger partial charge in [-0.25, -0.2) is 4.79 Å². The minimum absolute atomic E-state index is 0.0155. The number of likely N-dealkylation sites (tertiary alicyclic amines) is 1. The van der Waals surface area contributed by atoms with Gasteiger partial charge in [0.2, 0.25) is 0 Å². The molecule has 2 unspecified atom stereocenters. The number of ether oxygens (including phenoxy) is 2. The third-order valence-corrected chi connectivity index (χ3v) is 4.57. The molecule has 0 aromatic heterocycles. The molecule has 24 heavy (non-hydrogen) atoms. The molecule has 1 aliphatic rings. The minimum atomic E-state index is -0.948. The number of amides is 1. The largest absolute Gasteiger partial charge is 0.493 e. The Morgan fingerprint density at radius 2 is 1.96 bits per heavy atom. The van der Waals surface area contributed by atoms with Gasteiger partial charge in [0.05, 0.1) is 14.2 Å². The molecule has 1 aliphatic heterocycles. The number of benzene rings is 1. The first kappa shape index (κ1) is 18.1. The second-order valence-corrected chi connectivity index (χ2v) is 6.03. The fourth-order valence-electron chi connectivity index (χ4n) is 3.27. The molecule has 6 nitrogen and oxygen atoms in total. The van der Waals surface area contributed by atoms with Gasteiger partial charge in [-0.2, -0.15) is 0 Å². The Morgan fingerprint density at radius 1 is 1.25 bits per heavy atom. The number of hydrogen-bond acceptors (Lipinski definition) is 4. The van der Waals surface area contributed by atoms with Gasteiger partial charge in [0.25, 0.3) is 5.91 Å². The summed E-state index contributed by atoms with van der Waals surface area (Å²) in [5.74, 6) is -0.0882. The molecule has 0 bridgehead atoms. The van der Waals surface area contributed by atoms with E-state index in [2.05, 4.69) is 0 Å². The second kappa shape index (κ2) is 7.55. The van der Waals surface area contributed by atoms with Gasteiger partial charge in [-0.05, 0) is 30.5 Å². The van der Waals surface area contributed by atoms with E-state index in [0.717, 1.165) is 24.8 Å². The molecule has 0 aliphatic carbocycles. The van der Waals surface area contributed by atoms with Crippen LogP contribution in [0.3, 0.4) is 0 Å².